The zero-order valence-electron chi connectivity index (χ0n) is 11.0. The van der Waals surface area contributed by atoms with E-state index < -0.39 is 0 Å². The van der Waals surface area contributed by atoms with Crippen molar-refractivity contribution in [3.63, 3.8) is 0 Å². The van der Waals surface area contributed by atoms with Crippen LogP contribution in [0, 0.1) is 5.92 Å². The molecule has 1 aliphatic carbocycles. The van der Waals surface area contributed by atoms with Gasteiger partial charge in [-0.3, -0.25) is 0 Å². The number of nitrogens with one attached hydrogen (secondary N) is 1. The smallest absolute Gasteiger partial charge is 0.120 e. The first-order valence-electron chi connectivity index (χ1n) is 7.09. The number of hydrogen-bond acceptors (Lipinski definition) is 1. The Kier molecular flexibility index (Phi) is 3.26. The van der Waals surface area contributed by atoms with Crippen LogP contribution in [0.1, 0.15) is 39.0 Å². The molecule has 0 bridgehead atoms. The largest absolute Gasteiger partial charge is 0.490 e. The third-order valence-corrected chi connectivity index (χ3v) is 4.14. The van der Waals surface area contributed by atoms with Crippen LogP contribution < -0.4 is 4.74 Å². The van der Waals surface area contributed by atoms with Crippen molar-refractivity contribution >= 4 is 10.9 Å². The molecule has 96 valence electrons. The summed E-state index contributed by atoms with van der Waals surface area (Å²) in [5.41, 5.74) is 1.18. The molecule has 1 heterocycles. The lowest BCUT2D eigenvalue weighted by molar-refractivity contribution is 0.122. The van der Waals surface area contributed by atoms with Crippen LogP contribution in [0.15, 0.2) is 30.5 Å². The van der Waals surface area contributed by atoms with Crippen LogP contribution in [-0.2, 0) is 0 Å². The Morgan fingerprint density at radius 3 is 3.11 bits per heavy atom. The van der Waals surface area contributed by atoms with E-state index >= 15 is 0 Å². The van der Waals surface area contributed by atoms with Gasteiger partial charge in [0.05, 0.1) is 6.10 Å². The van der Waals surface area contributed by atoms with Gasteiger partial charge in [0.15, 0.2) is 0 Å². The lowest BCUT2D eigenvalue weighted by atomic mass is 9.85. The van der Waals surface area contributed by atoms with Gasteiger partial charge in [0.1, 0.15) is 5.75 Å². The van der Waals surface area contributed by atoms with E-state index in [0.717, 1.165) is 11.7 Å². The van der Waals surface area contributed by atoms with E-state index in [4.69, 9.17) is 4.74 Å². The number of H-pyrrole nitrogens is 1. The highest BCUT2D eigenvalue weighted by Crippen LogP contribution is 2.30. The second-order valence-electron chi connectivity index (χ2n) is 5.41. The van der Waals surface area contributed by atoms with Gasteiger partial charge in [0.2, 0.25) is 0 Å². The first-order valence-corrected chi connectivity index (χ1v) is 7.09. The van der Waals surface area contributed by atoms with Crippen molar-refractivity contribution in [2.75, 3.05) is 0 Å². The number of aromatic amines is 1. The average Bonchev–Trinajstić information content (AvgIpc) is 2.86. The topological polar surface area (TPSA) is 25.0 Å². The molecule has 1 aromatic carbocycles. The van der Waals surface area contributed by atoms with Crippen LogP contribution in [0.2, 0.25) is 0 Å². The summed E-state index contributed by atoms with van der Waals surface area (Å²) in [6.07, 6.45) is 8.81. The Morgan fingerprint density at radius 1 is 1.28 bits per heavy atom. The summed E-state index contributed by atoms with van der Waals surface area (Å²) < 4.78 is 6.15. The maximum absolute atomic E-state index is 6.15. The number of fused-ring (bicyclic) bond motifs is 1. The Bertz CT molecular complexity index is 517. The Balaban J connectivity index is 1.71. The van der Waals surface area contributed by atoms with Crippen LogP contribution in [0.4, 0.5) is 0 Å². The van der Waals surface area contributed by atoms with Crippen LogP contribution in [-0.4, -0.2) is 11.1 Å². The summed E-state index contributed by atoms with van der Waals surface area (Å²) in [5.74, 6) is 1.88. The molecule has 0 saturated heterocycles. The number of rotatable bonds is 3. The molecular formula is C16H21NO. The second kappa shape index (κ2) is 5.05. The highest BCUT2D eigenvalue weighted by molar-refractivity contribution is 5.80. The standard InChI is InChI=1S/C16H21NO/c1-2-12-4-3-5-14(10-12)18-15-6-7-16-13(11-15)8-9-17-16/h6-9,11-12,14,17H,2-5,10H2,1H3. The minimum atomic E-state index is 0.417. The van der Waals surface area contributed by atoms with E-state index in [0.29, 0.717) is 6.10 Å². The average molecular weight is 243 g/mol. The van der Waals surface area contributed by atoms with Crippen molar-refractivity contribution in [3.8, 4) is 5.75 Å². The minimum absolute atomic E-state index is 0.417. The van der Waals surface area contributed by atoms with Crippen LogP contribution >= 0.6 is 0 Å². The molecular weight excluding hydrogens is 222 g/mol. The third kappa shape index (κ3) is 2.38. The van der Waals surface area contributed by atoms with Gasteiger partial charge in [0.25, 0.3) is 0 Å². The molecule has 2 aromatic rings. The van der Waals surface area contributed by atoms with Crippen molar-refractivity contribution in [1.29, 1.82) is 0 Å². The Morgan fingerprint density at radius 2 is 2.22 bits per heavy atom. The molecule has 1 saturated carbocycles. The molecule has 0 radical (unpaired) electrons. The second-order valence-corrected chi connectivity index (χ2v) is 5.41. The first kappa shape index (κ1) is 11.6. The third-order valence-electron chi connectivity index (χ3n) is 4.14. The summed E-state index contributed by atoms with van der Waals surface area (Å²) in [6, 6.07) is 8.42. The number of hydrogen-bond donors (Lipinski definition) is 1. The van der Waals surface area contributed by atoms with Crippen molar-refractivity contribution < 1.29 is 4.74 Å². The van der Waals surface area contributed by atoms with E-state index in [-0.39, 0.29) is 0 Å². The number of benzene rings is 1. The minimum Gasteiger partial charge on any atom is -0.490 e. The lowest BCUT2D eigenvalue weighted by Crippen LogP contribution is -2.25. The zero-order chi connectivity index (χ0) is 12.4. The lowest BCUT2D eigenvalue weighted by Gasteiger charge is -2.29. The molecule has 18 heavy (non-hydrogen) atoms. The van der Waals surface area contributed by atoms with Gasteiger partial charge < -0.3 is 9.72 Å². The quantitative estimate of drug-likeness (QED) is 0.842. The van der Waals surface area contributed by atoms with Gasteiger partial charge in [-0.25, -0.2) is 0 Å². The van der Waals surface area contributed by atoms with Crippen molar-refractivity contribution in [2.45, 2.75) is 45.1 Å². The van der Waals surface area contributed by atoms with Gasteiger partial charge in [-0.2, -0.15) is 0 Å². The van der Waals surface area contributed by atoms with Crippen LogP contribution in [0.5, 0.6) is 5.75 Å². The maximum atomic E-state index is 6.15. The molecule has 2 nitrogen and oxygen atoms in total. The fourth-order valence-corrected chi connectivity index (χ4v) is 3.02. The first-order chi connectivity index (χ1) is 8.85. The fraction of sp³-hybridized carbons (Fsp3) is 0.500. The van der Waals surface area contributed by atoms with Crippen molar-refractivity contribution in [1.82, 2.24) is 4.98 Å². The summed E-state index contributed by atoms with van der Waals surface area (Å²) in [4.78, 5) is 3.21. The number of aromatic nitrogens is 1. The van der Waals surface area contributed by atoms with E-state index in [9.17, 15) is 0 Å². The maximum Gasteiger partial charge on any atom is 0.120 e. The Hall–Kier alpha value is -1.44. The molecule has 0 spiro atoms. The molecule has 1 N–H and O–H groups in total. The zero-order valence-corrected chi connectivity index (χ0v) is 11.0. The molecule has 2 atom stereocenters. The van der Waals surface area contributed by atoms with E-state index in [1.54, 1.807) is 0 Å². The molecule has 0 amide bonds. The van der Waals surface area contributed by atoms with Gasteiger partial charge in [-0.15, -0.1) is 0 Å². The van der Waals surface area contributed by atoms with Crippen molar-refractivity contribution in [2.24, 2.45) is 5.92 Å². The molecule has 1 aliphatic rings. The molecule has 2 unspecified atom stereocenters. The molecule has 3 rings (SSSR count). The summed E-state index contributed by atoms with van der Waals surface area (Å²) in [7, 11) is 0. The van der Waals surface area contributed by atoms with E-state index in [1.165, 1.54) is 43.0 Å². The summed E-state index contributed by atoms with van der Waals surface area (Å²) in [5, 5.41) is 1.23. The number of ether oxygens (including phenoxy) is 1. The highest BCUT2D eigenvalue weighted by atomic mass is 16.5. The van der Waals surface area contributed by atoms with Gasteiger partial charge >= 0.3 is 0 Å². The molecule has 2 heteroatoms. The van der Waals surface area contributed by atoms with Crippen LogP contribution in [0.3, 0.4) is 0 Å². The van der Waals surface area contributed by atoms with Gasteiger partial charge in [0, 0.05) is 17.1 Å². The van der Waals surface area contributed by atoms with Gasteiger partial charge in [-0.05, 0) is 49.4 Å². The predicted molar refractivity (Wildman–Crippen MR) is 75.0 cm³/mol. The van der Waals surface area contributed by atoms with Crippen molar-refractivity contribution in [3.05, 3.63) is 30.5 Å². The van der Waals surface area contributed by atoms with E-state index in [1.807, 2.05) is 6.20 Å². The summed E-state index contributed by atoms with van der Waals surface area (Å²) in [6.45, 7) is 2.29. The van der Waals surface area contributed by atoms with Crippen LogP contribution in [0.25, 0.3) is 10.9 Å². The molecule has 0 aliphatic heterocycles. The fourth-order valence-electron chi connectivity index (χ4n) is 3.02. The normalized spacial score (nSPS) is 24.3. The Labute approximate surface area is 108 Å². The summed E-state index contributed by atoms with van der Waals surface area (Å²) >= 11 is 0. The monoisotopic (exact) mass is 243 g/mol. The predicted octanol–water partition coefficient (Wildman–Crippen LogP) is 4.52. The molecule has 1 aromatic heterocycles. The van der Waals surface area contributed by atoms with Gasteiger partial charge in [-0.1, -0.05) is 19.8 Å². The molecule has 1 fully saturated rings. The SMILES string of the molecule is CCC1CCCC(Oc2ccc3[nH]ccc3c2)C1. The van der Waals surface area contributed by atoms with E-state index in [2.05, 4.69) is 36.2 Å². The highest BCUT2D eigenvalue weighted by Gasteiger charge is 2.22.